The summed E-state index contributed by atoms with van der Waals surface area (Å²) in [5.41, 5.74) is 0.976. The number of sulfonamides is 1. The van der Waals surface area contributed by atoms with Crippen LogP contribution in [0.2, 0.25) is 5.02 Å². The molecule has 0 atom stereocenters. The number of nitrogens with one attached hydrogen (secondary N) is 1. The molecular weight excluding hydrogens is 438 g/mol. The molecule has 31 heavy (non-hydrogen) atoms. The molecule has 0 aromatic heterocycles. The third-order valence-electron chi connectivity index (χ3n) is 5.37. The van der Waals surface area contributed by atoms with Gasteiger partial charge in [-0.3, -0.25) is 9.59 Å². The van der Waals surface area contributed by atoms with Crippen LogP contribution in [-0.2, 0) is 10.0 Å². The molecule has 0 bridgehead atoms. The van der Waals surface area contributed by atoms with E-state index in [1.165, 1.54) is 35.6 Å². The van der Waals surface area contributed by atoms with Crippen molar-refractivity contribution in [2.75, 3.05) is 25.5 Å². The average Bonchev–Trinajstić information content (AvgIpc) is 3.28. The summed E-state index contributed by atoms with van der Waals surface area (Å²) < 4.78 is 26.5. The molecule has 2 aromatic rings. The Morgan fingerprint density at radius 1 is 1.06 bits per heavy atom. The zero-order chi connectivity index (χ0) is 22.8. The Bertz CT molecular complexity index is 1080. The molecule has 0 radical (unpaired) electrons. The van der Waals surface area contributed by atoms with Gasteiger partial charge in [-0.1, -0.05) is 11.6 Å². The Morgan fingerprint density at radius 3 is 2.26 bits per heavy atom. The van der Waals surface area contributed by atoms with Crippen molar-refractivity contribution in [2.45, 2.75) is 37.6 Å². The lowest BCUT2D eigenvalue weighted by Gasteiger charge is -2.21. The Kier molecular flexibility index (Phi) is 7.03. The average molecular weight is 464 g/mol. The van der Waals surface area contributed by atoms with E-state index in [-0.39, 0.29) is 22.4 Å². The Labute approximate surface area is 188 Å². The van der Waals surface area contributed by atoms with Crippen LogP contribution in [0.4, 0.5) is 5.69 Å². The Morgan fingerprint density at radius 2 is 1.68 bits per heavy atom. The van der Waals surface area contributed by atoms with Crippen LogP contribution in [0, 0.1) is 0 Å². The fourth-order valence-corrected chi connectivity index (χ4v) is 4.85. The first kappa shape index (κ1) is 23.2. The highest BCUT2D eigenvalue weighted by atomic mass is 35.5. The van der Waals surface area contributed by atoms with Crippen LogP contribution in [-0.4, -0.2) is 55.6 Å². The van der Waals surface area contributed by atoms with Crippen molar-refractivity contribution >= 4 is 39.1 Å². The van der Waals surface area contributed by atoms with Gasteiger partial charge in [0.05, 0.1) is 16.1 Å². The van der Waals surface area contributed by atoms with E-state index in [1.54, 1.807) is 36.9 Å². The number of carbonyl (C=O) groups excluding carboxylic acids is 2. The fraction of sp³-hybridized carbons (Fsp3) is 0.364. The summed E-state index contributed by atoms with van der Waals surface area (Å²) in [5, 5.41) is 3.16. The lowest BCUT2D eigenvalue weighted by atomic mass is 10.1. The number of halogens is 1. The van der Waals surface area contributed by atoms with Gasteiger partial charge in [0.2, 0.25) is 10.0 Å². The van der Waals surface area contributed by atoms with Gasteiger partial charge in [-0.15, -0.1) is 0 Å². The van der Waals surface area contributed by atoms with Crippen LogP contribution in [0.5, 0.6) is 0 Å². The van der Waals surface area contributed by atoms with Gasteiger partial charge in [-0.2, -0.15) is 4.31 Å². The summed E-state index contributed by atoms with van der Waals surface area (Å²) in [6.07, 6.45) is 1.91. The smallest absolute Gasteiger partial charge is 0.256 e. The largest absolute Gasteiger partial charge is 0.339 e. The molecule has 1 N–H and O–H groups in total. The van der Waals surface area contributed by atoms with Crippen molar-refractivity contribution in [1.82, 2.24) is 9.21 Å². The molecule has 3 rings (SSSR count). The number of nitrogens with zero attached hydrogens (tertiary/aromatic N) is 2. The normalized spacial score (nSPS) is 14.3. The minimum absolute atomic E-state index is 0.108. The molecule has 1 aliphatic heterocycles. The minimum Gasteiger partial charge on any atom is -0.339 e. The van der Waals surface area contributed by atoms with Crippen LogP contribution in [0.15, 0.2) is 47.4 Å². The van der Waals surface area contributed by atoms with E-state index < -0.39 is 15.9 Å². The summed E-state index contributed by atoms with van der Waals surface area (Å²) in [4.78, 5) is 27.5. The molecule has 1 fully saturated rings. The maximum absolute atomic E-state index is 12.9. The van der Waals surface area contributed by atoms with Gasteiger partial charge in [-0.25, -0.2) is 8.42 Å². The number of amides is 2. The maximum Gasteiger partial charge on any atom is 0.256 e. The zero-order valence-electron chi connectivity index (χ0n) is 17.8. The van der Waals surface area contributed by atoms with E-state index >= 15 is 0 Å². The van der Waals surface area contributed by atoms with Gasteiger partial charge in [0.15, 0.2) is 0 Å². The van der Waals surface area contributed by atoms with E-state index in [4.69, 9.17) is 11.6 Å². The molecule has 9 heteroatoms. The molecule has 1 aliphatic rings. The van der Waals surface area contributed by atoms with E-state index in [9.17, 15) is 18.0 Å². The zero-order valence-corrected chi connectivity index (χ0v) is 19.3. The predicted octanol–water partition coefficient (Wildman–Crippen LogP) is 3.86. The number of hydrogen-bond donors (Lipinski definition) is 1. The van der Waals surface area contributed by atoms with Crippen molar-refractivity contribution < 1.29 is 18.0 Å². The molecule has 0 spiro atoms. The highest BCUT2D eigenvalue weighted by Crippen LogP contribution is 2.25. The van der Waals surface area contributed by atoms with Gasteiger partial charge in [0.1, 0.15) is 0 Å². The van der Waals surface area contributed by atoms with Gasteiger partial charge in [0.25, 0.3) is 11.8 Å². The quantitative estimate of drug-likeness (QED) is 0.704. The fourth-order valence-electron chi connectivity index (χ4n) is 3.31. The molecule has 0 saturated carbocycles. The molecule has 7 nitrogen and oxygen atoms in total. The predicted molar refractivity (Wildman–Crippen MR) is 121 cm³/mol. The first-order chi connectivity index (χ1) is 14.6. The molecule has 2 amide bonds. The molecular formula is C22H26ClN3O4S. The monoisotopic (exact) mass is 463 g/mol. The van der Waals surface area contributed by atoms with Gasteiger partial charge in [-0.05, 0) is 69.2 Å². The summed E-state index contributed by atoms with van der Waals surface area (Å²) in [6.45, 7) is 4.93. The molecule has 0 unspecified atom stereocenters. The lowest BCUT2D eigenvalue weighted by molar-refractivity contribution is 0.0794. The second-order valence-electron chi connectivity index (χ2n) is 7.78. The first-order valence-electron chi connectivity index (χ1n) is 10.1. The van der Waals surface area contributed by atoms with Crippen LogP contribution < -0.4 is 5.32 Å². The number of benzene rings is 2. The highest BCUT2D eigenvalue weighted by Gasteiger charge is 2.25. The molecule has 0 aliphatic carbocycles. The third-order valence-corrected chi connectivity index (χ3v) is 7.66. The van der Waals surface area contributed by atoms with Gasteiger partial charge in [0, 0.05) is 36.8 Å². The van der Waals surface area contributed by atoms with Crippen molar-refractivity contribution in [3.05, 3.63) is 58.6 Å². The van der Waals surface area contributed by atoms with Gasteiger partial charge >= 0.3 is 0 Å². The van der Waals surface area contributed by atoms with E-state index in [0.29, 0.717) is 29.4 Å². The summed E-state index contributed by atoms with van der Waals surface area (Å²) in [5.74, 6) is -0.618. The molecule has 1 heterocycles. The third kappa shape index (κ3) is 5.08. The highest BCUT2D eigenvalue weighted by molar-refractivity contribution is 7.89. The van der Waals surface area contributed by atoms with Crippen LogP contribution in [0.25, 0.3) is 0 Å². The summed E-state index contributed by atoms with van der Waals surface area (Å²) in [7, 11) is -2.12. The van der Waals surface area contributed by atoms with Crippen LogP contribution in [0.1, 0.15) is 47.4 Å². The summed E-state index contributed by atoms with van der Waals surface area (Å²) in [6, 6.07) is 10.3. The number of carbonyl (C=O) groups is 2. The lowest BCUT2D eigenvalue weighted by Crippen LogP contribution is -2.33. The second kappa shape index (κ2) is 9.38. The number of rotatable bonds is 6. The summed E-state index contributed by atoms with van der Waals surface area (Å²) >= 11 is 6.08. The maximum atomic E-state index is 12.9. The van der Waals surface area contributed by atoms with Crippen LogP contribution >= 0.6 is 11.6 Å². The topological polar surface area (TPSA) is 86.8 Å². The standard InChI is InChI=1S/C22H26ClN3O4S/c1-15(2)25(3)31(29,30)18-9-6-16(7-10-18)21(27)24-20-11-8-17(23)14-19(20)22(28)26-12-4-5-13-26/h6-11,14-15H,4-5,12-13H2,1-3H3,(H,24,27). The van der Waals surface area contributed by atoms with E-state index in [0.717, 1.165) is 12.8 Å². The van der Waals surface area contributed by atoms with E-state index in [1.807, 2.05) is 0 Å². The van der Waals surface area contributed by atoms with Gasteiger partial charge < -0.3 is 10.2 Å². The number of likely N-dealkylation sites (tertiary alicyclic amines) is 1. The molecule has 1 saturated heterocycles. The van der Waals surface area contributed by atoms with Crippen LogP contribution in [0.3, 0.4) is 0 Å². The number of hydrogen-bond acceptors (Lipinski definition) is 4. The van der Waals surface area contributed by atoms with Crippen molar-refractivity contribution in [2.24, 2.45) is 0 Å². The van der Waals surface area contributed by atoms with Crippen molar-refractivity contribution in [3.8, 4) is 0 Å². The Hall–Kier alpha value is -2.42. The minimum atomic E-state index is -3.64. The van der Waals surface area contributed by atoms with E-state index in [2.05, 4.69) is 5.32 Å². The second-order valence-corrected chi connectivity index (χ2v) is 10.2. The number of anilines is 1. The first-order valence-corrected chi connectivity index (χ1v) is 11.9. The Balaban J connectivity index is 1.81. The van der Waals surface area contributed by atoms with Crippen molar-refractivity contribution in [3.63, 3.8) is 0 Å². The molecule has 2 aromatic carbocycles. The SMILES string of the molecule is CC(C)N(C)S(=O)(=O)c1ccc(C(=O)Nc2ccc(Cl)cc2C(=O)N2CCCC2)cc1. The molecule has 166 valence electrons. The van der Waals surface area contributed by atoms with Crippen molar-refractivity contribution in [1.29, 1.82) is 0 Å².